The molecule has 2 aromatic carbocycles. The van der Waals surface area contributed by atoms with Crippen molar-refractivity contribution in [2.45, 2.75) is 6.18 Å². The van der Waals surface area contributed by atoms with E-state index in [1.807, 2.05) is 24.3 Å². The molecule has 106 valence electrons. The minimum Gasteiger partial charge on any atom is -0.355 e. The molecule has 0 amide bonds. The highest BCUT2D eigenvalue weighted by atomic mass is 19.4. The van der Waals surface area contributed by atoms with Crippen molar-refractivity contribution < 1.29 is 13.2 Å². The van der Waals surface area contributed by atoms with Gasteiger partial charge in [0.05, 0.1) is 11.1 Å². The molecule has 21 heavy (non-hydrogen) atoms. The molecule has 3 aromatic rings. The number of pyridine rings is 1. The summed E-state index contributed by atoms with van der Waals surface area (Å²) in [6.07, 6.45) is -2.66. The number of halogens is 3. The van der Waals surface area contributed by atoms with Crippen LogP contribution in [0.4, 0.5) is 24.5 Å². The molecule has 1 heterocycles. The van der Waals surface area contributed by atoms with E-state index in [1.165, 1.54) is 12.1 Å². The predicted octanol–water partition coefficient (Wildman–Crippen LogP) is 5.00. The lowest BCUT2D eigenvalue weighted by Crippen LogP contribution is -2.04. The third-order valence-electron chi connectivity index (χ3n) is 3.14. The van der Waals surface area contributed by atoms with E-state index >= 15 is 0 Å². The molecule has 0 spiro atoms. The minimum atomic E-state index is -4.32. The Morgan fingerprint density at radius 1 is 0.857 bits per heavy atom. The van der Waals surface area contributed by atoms with Gasteiger partial charge in [-0.2, -0.15) is 13.2 Å². The van der Waals surface area contributed by atoms with Crippen LogP contribution in [0.1, 0.15) is 5.56 Å². The van der Waals surface area contributed by atoms with E-state index in [4.69, 9.17) is 0 Å². The van der Waals surface area contributed by atoms with Crippen LogP contribution >= 0.6 is 0 Å². The van der Waals surface area contributed by atoms with Gasteiger partial charge < -0.3 is 5.32 Å². The van der Waals surface area contributed by atoms with Crippen LogP contribution in [0.5, 0.6) is 0 Å². The molecule has 0 aliphatic heterocycles. The number of alkyl halides is 3. The molecular formula is C16H11F3N2. The van der Waals surface area contributed by atoms with Crippen LogP contribution in [-0.4, -0.2) is 4.98 Å². The van der Waals surface area contributed by atoms with Crippen molar-refractivity contribution in [3.05, 3.63) is 66.4 Å². The fourth-order valence-electron chi connectivity index (χ4n) is 2.10. The van der Waals surface area contributed by atoms with Gasteiger partial charge in [0.2, 0.25) is 0 Å². The topological polar surface area (TPSA) is 24.9 Å². The Hall–Kier alpha value is -2.56. The van der Waals surface area contributed by atoms with E-state index in [2.05, 4.69) is 10.3 Å². The summed E-state index contributed by atoms with van der Waals surface area (Å²) < 4.78 is 37.6. The summed E-state index contributed by atoms with van der Waals surface area (Å²) >= 11 is 0. The highest BCUT2D eigenvalue weighted by molar-refractivity contribution is 5.92. The van der Waals surface area contributed by atoms with Crippen molar-refractivity contribution in [1.29, 1.82) is 0 Å². The van der Waals surface area contributed by atoms with Crippen LogP contribution in [0.25, 0.3) is 10.9 Å². The molecule has 1 aromatic heterocycles. The van der Waals surface area contributed by atoms with Crippen LogP contribution in [0.15, 0.2) is 60.8 Å². The summed E-state index contributed by atoms with van der Waals surface area (Å²) in [4.78, 5) is 4.24. The van der Waals surface area contributed by atoms with Gasteiger partial charge >= 0.3 is 6.18 Å². The van der Waals surface area contributed by atoms with Crippen molar-refractivity contribution in [3.8, 4) is 0 Å². The van der Waals surface area contributed by atoms with Crippen molar-refractivity contribution >= 4 is 22.3 Å². The second kappa shape index (κ2) is 5.09. The SMILES string of the molecule is FC(F)(F)c1ccc(Nc2ccnc3ccccc23)cc1. The lowest BCUT2D eigenvalue weighted by Gasteiger charge is -2.11. The molecule has 0 saturated carbocycles. The monoisotopic (exact) mass is 288 g/mol. The Balaban J connectivity index is 1.92. The van der Waals surface area contributed by atoms with Gasteiger partial charge in [-0.05, 0) is 36.4 Å². The number of hydrogen-bond acceptors (Lipinski definition) is 2. The summed E-state index contributed by atoms with van der Waals surface area (Å²) in [5.41, 5.74) is 1.57. The number of hydrogen-bond donors (Lipinski definition) is 1. The van der Waals surface area contributed by atoms with E-state index in [9.17, 15) is 13.2 Å². The Morgan fingerprint density at radius 3 is 2.29 bits per heavy atom. The molecule has 0 saturated heterocycles. The molecule has 1 N–H and O–H groups in total. The van der Waals surface area contributed by atoms with E-state index in [0.717, 1.165) is 28.7 Å². The molecule has 3 rings (SSSR count). The first-order chi connectivity index (χ1) is 10.0. The van der Waals surface area contributed by atoms with Crippen molar-refractivity contribution in [1.82, 2.24) is 4.98 Å². The summed E-state index contributed by atoms with van der Waals surface area (Å²) in [5, 5.41) is 4.03. The second-order valence-electron chi connectivity index (χ2n) is 4.58. The largest absolute Gasteiger partial charge is 0.416 e. The standard InChI is InChI=1S/C16H11F3N2/c17-16(18,19)11-5-7-12(8-6-11)21-15-9-10-20-14-4-2-1-3-13(14)15/h1-10H,(H,20,21). The van der Waals surface area contributed by atoms with Gasteiger partial charge in [0, 0.05) is 23.0 Å². The Kier molecular flexibility index (Phi) is 3.25. The van der Waals surface area contributed by atoms with Gasteiger partial charge in [0.25, 0.3) is 0 Å². The van der Waals surface area contributed by atoms with Gasteiger partial charge in [-0.3, -0.25) is 4.98 Å². The van der Waals surface area contributed by atoms with E-state index < -0.39 is 11.7 Å². The molecule has 0 unspecified atom stereocenters. The molecule has 5 heteroatoms. The summed E-state index contributed by atoms with van der Waals surface area (Å²) in [7, 11) is 0. The predicted molar refractivity (Wildman–Crippen MR) is 76.5 cm³/mol. The van der Waals surface area contributed by atoms with E-state index in [-0.39, 0.29) is 0 Å². The molecular weight excluding hydrogens is 277 g/mol. The number of para-hydroxylation sites is 1. The maximum absolute atomic E-state index is 12.5. The Bertz CT molecular complexity index is 759. The molecule has 0 radical (unpaired) electrons. The zero-order chi connectivity index (χ0) is 14.9. The number of nitrogens with zero attached hydrogens (tertiary/aromatic N) is 1. The third kappa shape index (κ3) is 2.81. The van der Waals surface area contributed by atoms with E-state index in [1.54, 1.807) is 12.3 Å². The van der Waals surface area contributed by atoms with Gasteiger partial charge in [0.15, 0.2) is 0 Å². The van der Waals surface area contributed by atoms with Gasteiger partial charge in [0.1, 0.15) is 0 Å². The lowest BCUT2D eigenvalue weighted by molar-refractivity contribution is -0.137. The quantitative estimate of drug-likeness (QED) is 0.718. The fraction of sp³-hybridized carbons (Fsp3) is 0.0625. The number of fused-ring (bicyclic) bond motifs is 1. The zero-order valence-electron chi connectivity index (χ0n) is 10.9. The first kappa shape index (κ1) is 13.4. The molecule has 0 bridgehead atoms. The maximum Gasteiger partial charge on any atom is 0.416 e. The van der Waals surface area contributed by atoms with Crippen LogP contribution in [-0.2, 0) is 6.18 Å². The number of aromatic nitrogens is 1. The molecule has 0 fully saturated rings. The summed E-state index contributed by atoms with van der Waals surface area (Å²) in [5.74, 6) is 0. The van der Waals surface area contributed by atoms with Crippen LogP contribution in [0.3, 0.4) is 0 Å². The molecule has 0 atom stereocenters. The van der Waals surface area contributed by atoms with E-state index in [0.29, 0.717) is 5.69 Å². The minimum absolute atomic E-state index is 0.597. The number of benzene rings is 2. The maximum atomic E-state index is 12.5. The summed E-state index contributed by atoms with van der Waals surface area (Å²) in [6, 6.07) is 14.3. The van der Waals surface area contributed by atoms with Crippen LogP contribution in [0, 0.1) is 0 Å². The number of anilines is 2. The highest BCUT2D eigenvalue weighted by Gasteiger charge is 2.29. The van der Waals surface area contributed by atoms with Crippen LogP contribution in [0.2, 0.25) is 0 Å². The third-order valence-corrected chi connectivity index (χ3v) is 3.14. The fourth-order valence-corrected chi connectivity index (χ4v) is 2.10. The van der Waals surface area contributed by atoms with Crippen LogP contribution < -0.4 is 5.32 Å². The van der Waals surface area contributed by atoms with Crippen molar-refractivity contribution in [2.75, 3.05) is 5.32 Å². The molecule has 0 aliphatic rings. The van der Waals surface area contributed by atoms with Gasteiger partial charge in [-0.15, -0.1) is 0 Å². The van der Waals surface area contributed by atoms with Gasteiger partial charge in [-0.1, -0.05) is 18.2 Å². The average molecular weight is 288 g/mol. The zero-order valence-corrected chi connectivity index (χ0v) is 10.9. The Labute approximate surface area is 119 Å². The normalized spacial score (nSPS) is 11.6. The van der Waals surface area contributed by atoms with Gasteiger partial charge in [-0.25, -0.2) is 0 Å². The number of rotatable bonds is 2. The average Bonchev–Trinajstić information content (AvgIpc) is 2.47. The van der Waals surface area contributed by atoms with Crippen molar-refractivity contribution in [3.63, 3.8) is 0 Å². The summed E-state index contributed by atoms with van der Waals surface area (Å²) in [6.45, 7) is 0. The lowest BCUT2D eigenvalue weighted by atomic mass is 10.1. The number of nitrogens with one attached hydrogen (secondary N) is 1. The smallest absolute Gasteiger partial charge is 0.355 e. The van der Waals surface area contributed by atoms with Crippen molar-refractivity contribution in [2.24, 2.45) is 0 Å². The molecule has 2 nitrogen and oxygen atoms in total. The molecule has 0 aliphatic carbocycles. The second-order valence-corrected chi connectivity index (χ2v) is 4.58. The first-order valence-corrected chi connectivity index (χ1v) is 6.32. The first-order valence-electron chi connectivity index (χ1n) is 6.32. The highest BCUT2D eigenvalue weighted by Crippen LogP contribution is 2.31. The Morgan fingerprint density at radius 2 is 1.57 bits per heavy atom.